The molecule has 0 spiro atoms. The van der Waals surface area contributed by atoms with Crippen LogP contribution in [-0.2, 0) is 5.33 Å². The Balaban J connectivity index is 3.13. The fourth-order valence-corrected chi connectivity index (χ4v) is 1.33. The summed E-state index contributed by atoms with van der Waals surface area (Å²) in [6.45, 7) is 0. The average molecular weight is 233 g/mol. The predicted molar refractivity (Wildman–Crippen MR) is 47.8 cm³/mol. The highest BCUT2D eigenvalue weighted by atomic mass is 79.9. The zero-order valence-corrected chi connectivity index (χ0v) is 8.46. The van der Waals surface area contributed by atoms with Crippen LogP contribution < -0.4 is 9.47 Å². The molecule has 1 aromatic heterocycles. The number of aromatic nitrogens is 2. The summed E-state index contributed by atoms with van der Waals surface area (Å²) in [5.41, 5.74) is 0.822. The van der Waals surface area contributed by atoms with E-state index in [1.807, 2.05) is 0 Å². The van der Waals surface area contributed by atoms with E-state index in [1.165, 1.54) is 6.33 Å². The van der Waals surface area contributed by atoms with E-state index in [9.17, 15) is 0 Å². The molecule has 0 saturated heterocycles. The van der Waals surface area contributed by atoms with Gasteiger partial charge in [-0.3, -0.25) is 0 Å². The monoisotopic (exact) mass is 232 g/mol. The second-order valence-corrected chi connectivity index (χ2v) is 2.57. The molecule has 0 aliphatic carbocycles. The molecular formula is C7H9BrN2O2. The van der Waals surface area contributed by atoms with Crippen LogP contribution in [0.4, 0.5) is 0 Å². The van der Waals surface area contributed by atoms with Crippen molar-refractivity contribution in [2.75, 3.05) is 14.2 Å². The van der Waals surface area contributed by atoms with Crippen LogP contribution in [0.25, 0.3) is 0 Å². The van der Waals surface area contributed by atoms with Gasteiger partial charge in [-0.2, -0.15) is 0 Å². The largest absolute Gasteiger partial charge is 0.481 e. The molecule has 66 valence electrons. The van der Waals surface area contributed by atoms with Gasteiger partial charge in [0.1, 0.15) is 6.33 Å². The van der Waals surface area contributed by atoms with Crippen molar-refractivity contribution < 1.29 is 9.47 Å². The summed E-state index contributed by atoms with van der Waals surface area (Å²) in [6, 6.07) is 0. The highest BCUT2D eigenvalue weighted by molar-refractivity contribution is 9.08. The molecule has 1 aromatic rings. The molecule has 0 bridgehead atoms. The molecule has 4 nitrogen and oxygen atoms in total. The van der Waals surface area contributed by atoms with E-state index in [1.54, 1.807) is 14.2 Å². The van der Waals surface area contributed by atoms with Crippen molar-refractivity contribution in [1.82, 2.24) is 9.97 Å². The summed E-state index contributed by atoms with van der Waals surface area (Å²) < 4.78 is 10.0. The van der Waals surface area contributed by atoms with Gasteiger partial charge >= 0.3 is 0 Å². The predicted octanol–water partition coefficient (Wildman–Crippen LogP) is 1.39. The SMILES string of the molecule is COc1ncnc(OC)c1CBr. The Labute approximate surface area is 79.1 Å². The number of halogens is 1. The number of rotatable bonds is 3. The van der Waals surface area contributed by atoms with Gasteiger partial charge in [-0.25, -0.2) is 9.97 Å². The van der Waals surface area contributed by atoms with Gasteiger partial charge in [-0.15, -0.1) is 0 Å². The van der Waals surface area contributed by atoms with Crippen molar-refractivity contribution >= 4 is 15.9 Å². The molecule has 1 heterocycles. The molecule has 0 aliphatic rings. The number of ether oxygens (including phenoxy) is 2. The van der Waals surface area contributed by atoms with E-state index in [0.717, 1.165) is 5.56 Å². The number of alkyl halides is 1. The lowest BCUT2D eigenvalue weighted by Crippen LogP contribution is -1.98. The van der Waals surface area contributed by atoms with Crippen LogP contribution in [0.2, 0.25) is 0 Å². The Morgan fingerprint density at radius 2 is 1.75 bits per heavy atom. The Bertz CT molecular complexity index is 245. The van der Waals surface area contributed by atoms with Crippen molar-refractivity contribution in [2.24, 2.45) is 0 Å². The van der Waals surface area contributed by atoms with Crippen molar-refractivity contribution in [3.8, 4) is 11.8 Å². The van der Waals surface area contributed by atoms with Gasteiger partial charge in [-0.1, -0.05) is 15.9 Å². The molecule has 0 radical (unpaired) electrons. The molecule has 0 unspecified atom stereocenters. The van der Waals surface area contributed by atoms with Gasteiger partial charge in [-0.05, 0) is 0 Å². The van der Waals surface area contributed by atoms with E-state index in [2.05, 4.69) is 25.9 Å². The first-order valence-corrected chi connectivity index (χ1v) is 4.43. The van der Waals surface area contributed by atoms with Crippen molar-refractivity contribution in [3.63, 3.8) is 0 Å². The summed E-state index contributed by atoms with van der Waals surface area (Å²) in [6.07, 6.45) is 1.41. The van der Waals surface area contributed by atoms with Crippen LogP contribution >= 0.6 is 15.9 Å². The van der Waals surface area contributed by atoms with Gasteiger partial charge in [0.25, 0.3) is 0 Å². The highest BCUT2D eigenvalue weighted by Crippen LogP contribution is 2.25. The molecule has 5 heteroatoms. The van der Waals surface area contributed by atoms with Crippen molar-refractivity contribution in [1.29, 1.82) is 0 Å². The van der Waals surface area contributed by atoms with E-state index in [-0.39, 0.29) is 0 Å². The third-order valence-electron chi connectivity index (χ3n) is 1.39. The Morgan fingerprint density at radius 3 is 2.08 bits per heavy atom. The molecule has 0 N–H and O–H groups in total. The molecule has 0 aliphatic heterocycles. The maximum absolute atomic E-state index is 5.02. The van der Waals surface area contributed by atoms with Gasteiger partial charge in [0.05, 0.1) is 19.8 Å². The van der Waals surface area contributed by atoms with Crippen molar-refractivity contribution in [3.05, 3.63) is 11.9 Å². The second-order valence-electron chi connectivity index (χ2n) is 2.00. The van der Waals surface area contributed by atoms with Crippen molar-refractivity contribution in [2.45, 2.75) is 5.33 Å². The molecule has 0 atom stereocenters. The Hall–Kier alpha value is -0.840. The van der Waals surface area contributed by atoms with Crippen LogP contribution in [-0.4, -0.2) is 24.2 Å². The van der Waals surface area contributed by atoms with Crippen LogP contribution in [0, 0.1) is 0 Å². The maximum atomic E-state index is 5.02. The first-order valence-electron chi connectivity index (χ1n) is 3.31. The molecule has 1 rings (SSSR count). The lowest BCUT2D eigenvalue weighted by atomic mass is 10.3. The minimum Gasteiger partial charge on any atom is -0.481 e. The fraction of sp³-hybridized carbons (Fsp3) is 0.429. The first kappa shape index (κ1) is 9.25. The zero-order valence-electron chi connectivity index (χ0n) is 6.87. The summed E-state index contributed by atoms with van der Waals surface area (Å²) in [5.74, 6) is 1.08. The Kier molecular flexibility index (Phi) is 3.28. The van der Waals surface area contributed by atoms with Crippen LogP contribution in [0.1, 0.15) is 5.56 Å². The second kappa shape index (κ2) is 4.25. The number of nitrogens with zero attached hydrogens (tertiary/aromatic N) is 2. The molecule has 0 aromatic carbocycles. The summed E-state index contributed by atoms with van der Waals surface area (Å²) >= 11 is 3.30. The van der Waals surface area contributed by atoms with Gasteiger partial charge in [0, 0.05) is 5.33 Å². The molecular weight excluding hydrogens is 224 g/mol. The lowest BCUT2D eigenvalue weighted by Gasteiger charge is -2.07. The summed E-state index contributed by atoms with van der Waals surface area (Å²) in [7, 11) is 3.13. The zero-order chi connectivity index (χ0) is 8.97. The number of methoxy groups -OCH3 is 2. The van der Waals surface area contributed by atoms with Gasteiger partial charge in [0.15, 0.2) is 0 Å². The fourth-order valence-electron chi connectivity index (χ4n) is 0.847. The van der Waals surface area contributed by atoms with E-state index in [0.29, 0.717) is 17.1 Å². The van der Waals surface area contributed by atoms with Gasteiger partial charge in [0.2, 0.25) is 11.8 Å². The average Bonchev–Trinajstić information content (AvgIpc) is 2.16. The van der Waals surface area contributed by atoms with E-state index >= 15 is 0 Å². The third-order valence-corrected chi connectivity index (χ3v) is 1.95. The minimum absolute atomic E-state index is 0.540. The van der Waals surface area contributed by atoms with Crippen LogP contribution in [0.15, 0.2) is 6.33 Å². The first-order chi connectivity index (χ1) is 5.83. The van der Waals surface area contributed by atoms with E-state index < -0.39 is 0 Å². The molecule has 0 fully saturated rings. The number of hydrogen-bond acceptors (Lipinski definition) is 4. The maximum Gasteiger partial charge on any atom is 0.224 e. The standard InChI is InChI=1S/C7H9BrN2O2/c1-11-6-5(3-8)7(12-2)10-4-9-6/h4H,3H2,1-2H3. The van der Waals surface area contributed by atoms with Crippen LogP contribution in [0.5, 0.6) is 11.8 Å². The smallest absolute Gasteiger partial charge is 0.224 e. The number of hydrogen-bond donors (Lipinski definition) is 0. The summed E-state index contributed by atoms with van der Waals surface area (Å²) in [4.78, 5) is 7.87. The normalized spacial score (nSPS) is 9.58. The topological polar surface area (TPSA) is 44.2 Å². The summed E-state index contributed by atoms with van der Waals surface area (Å²) in [5, 5.41) is 0.611. The minimum atomic E-state index is 0.540. The van der Waals surface area contributed by atoms with Gasteiger partial charge < -0.3 is 9.47 Å². The third kappa shape index (κ3) is 1.66. The Morgan fingerprint density at radius 1 is 1.25 bits per heavy atom. The highest BCUT2D eigenvalue weighted by Gasteiger charge is 2.10. The molecule has 0 amide bonds. The molecule has 12 heavy (non-hydrogen) atoms. The molecule has 0 saturated carbocycles. The lowest BCUT2D eigenvalue weighted by molar-refractivity contribution is 0.365. The van der Waals surface area contributed by atoms with Crippen LogP contribution in [0.3, 0.4) is 0 Å². The van der Waals surface area contributed by atoms with E-state index in [4.69, 9.17) is 9.47 Å². The quantitative estimate of drug-likeness (QED) is 0.740.